The zero-order chi connectivity index (χ0) is 17.9. The number of hydrogen-bond acceptors (Lipinski definition) is 3. The van der Waals surface area contributed by atoms with Crippen molar-refractivity contribution in [2.24, 2.45) is 5.41 Å². The Labute approximate surface area is 146 Å². The minimum atomic E-state index is -0.794. The molecule has 1 atom stereocenters. The molecule has 0 radical (unpaired) electrons. The molecule has 3 N–H and O–H groups in total. The maximum Gasteiger partial charge on any atom is 0.320 e. The van der Waals surface area contributed by atoms with Crippen LogP contribution in [0.2, 0.25) is 0 Å². The summed E-state index contributed by atoms with van der Waals surface area (Å²) < 4.78 is 12.9. The molecule has 0 saturated carbocycles. The van der Waals surface area contributed by atoms with Gasteiger partial charge >= 0.3 is 12.0 Å². The van der Waals surface area contributed by atoms with Crippen LogP contribution in [0.1, 0.15) is 24.8 Å². The summed E-state index contributed by atoms with van der Waals surface area (Å²) in [6.45, 7) is 2.52. The van der Waals surface area contributed by atoms with E-state index in [4.69, 9.17) is 5.11 Å². The summed E-state index contributed by atoms with van der Waals surface area (Å²) in [6, 6.07) is 5.73. The smallest absolute Gasteiger partial charge is 0.320 e. The molecule has 2 heterocycles. The summed E-state index contributed by atoms with van der Waals surface area (Å²) in [4.78, 5) is 25.2. The van der Waals surface area contributed by atoms with Crippen molar-refractivity contribution in [2.45, 2.75) is 31.7 Å². The fourth-order valence-corrected chi connectivity index (χ4v) is 3.73. The lowest BCUT2D eigenvalue weighted by molar-refractivity contribution is -0.139. The van der Waals surface area contributed by atoms with E-state index in [2.05, 4.69) is 10.6 Å². The van der Waals surface area contributed by atoms with Crippen LogP contribution in [0.25, 0.3) is 0 Å². The van der Waals surface area contributed by atoms with Crippen molar-refractivity contribution >= 4 is 12.0 Å². The van der Waals surface area contributed by atoms with E-state index in [-0.39, 0.29) is 17.3 Å². The molecule has 1 aromatic rings. The lowest BCUT2D eigenvalue weighted by Crippen LogP contribution is -2.48. The molecule has 2 aliphatic rings. The van der Waals surface area contributed by atoms with Gasteiger partial charge in [0.2, 0.25) is 0 Å². The molecule has 0 aliphatic carbocycles. The van der Waals surface area contributed by atoms with Gasteiger partial charge in [0.05, 0.1) is 0 Å². The number of carbonyl (C=O) groups is 2. The number of urea groups is 1. The monoisotopic (exact) mass is 349 g/mol. The Bertz CT molecular complexity index is 627. The van der Waals surface area contributed by atoms with Crippen molar-refractivity contribution in [1.29, 1.82) is 0 Å². The van der Waals surface area contributed by atoms with E-state index in [0.29, 0.717) is 39.0 Å². The third kappa shape index (κ3) is 4.28. The molecule has 2 fully saturated rings. The van der Waals surface area contributed by atoms with Crippen molar-refractivity contribution in [2.75, 3.05) is 26.2 Å². The first-order valence-corrected chi connectivity index (χ1v) is 8.71. The Kier molecular flexibility index (Phi) is 5.22. The van der Waals surface area contributed by atoms with Crippen molar-refractivity contribution in [3.63, 3.8) is 0 Å². The van der Waals surface area contributed by atoms with Crippen molar-refractivity contribution in [1.82, 2.24) is 15.5 Å². The SMILES string of the molecule is O=C(O)C1CC2(CCN(C(=O)NCCc3ccc(F)cc3)CC2)CN1. The number of benzene rings is 1. The van der Waals surface area contributed by atoms with Gasteiger partial charge in [-0.3, -0.25) is 4.79 Å². The quantitative estimate of drug-likeness (QED) is 0.771. The lowest BCUT2D eigenvalue weighted by atomic mass is 9.76. The molecule has 0 aromatic heterocycles. The largest absolute Gasteiger partial charge is 0.480 e. The first-order valence-electron chi connectivity index (χ1n) is 8.71. The molecule has 3 rings (SSSR count). The highest BCUT2D eigenvalue weighted by Crippen LogP contribution is 2.39. The number of likely N-dealkylation sites (tertiary alicyclic amines) is 1. The number of piperidine rings is 1. The Morgan fingerprint density at radius 3 is 2.56 bits per heavy atom. The number of carboxylic acid groups (broad SMARTS) is 1. The minimum Gasteiger partial charge on any atom is -0.480 e. The van der Waals surface area contributed by atoms with E-state index >= 15 is 0 Å². The van der Waals surface area contributed by atoms with Gasteiger partial charge in [0.1, 0.15) is 11.9 Å². The molecule has 136 valence electrons. The molecular formula is C18H24FN3O3. The predicted octanol–water partition coefficient (Wildman–Crippen LogP) is 1.61. The molecule has 1 spiro atoms. The Morgan fingerprint density at radius 1 is 1.28 bits per heavy atom. The van der Waals surface area contributed by atoms with Crippen LogP contribution in [-0.2, 0) is 11.2 Å². The fraction of sp³-hybridized carbons (Fsp3) is 0.556. The molecule has 2 amide bonds. The summed E-state index contributed by atoms with van der Waals surface area (Å²) in [5, 5.41) is 15.1. The van der Waals surface area contributed by atoms with E-state index in [1.807, 2.05) is 0 Å². The maximum absolute atomic E-state index is 12.9. The fourth-order valence-electron chi connectivity index (χ4n) is 3.73. The highest BCUT2D eigenvalue weighted by molar-refractivity contribution is 5.75. The second kappa shape index (κ2) is 7.39. The molecule has 1 aromatic carbocycles. The van der Waals surface area contributed by atoms with Gasteiger partial charge in [-0.2, -0.15) is 0 Å². The van der Waals surface area contributed by atoms with Gasteiger partial charge in [-0.15, -0.1) is 0 Å². The van der Waals surface area contributed by atoms with E-state index < -0.39 is 12.0 Å². The van der Waals surface area contributed by atoms with E-state index in [9.17, 15) is 14.0 Å². The van der Waals surface area contributed by atoms with Crippen molar-refractivity contribution in [3.05, 3.63) is 35.6 Å². The Morgan fingerprint density at radius 2 is 1.96 bits per heavy atom. The van der Waals surface area contributed by atoms with E-state index in [1.165, 1.54) is 12.1 Å². The van der Waals surface area contributed by atoms with Crippen LogP contribution < -0.4 is 10.6 Å². The number of aliphatic carboxylic acids is 1. The third-order valence-corrected chi connectivity index (χ3v) is 5.37. The average molecular weight is 349 g/mol. The maximum atomic E-state index is 12.9. The van der Waals surface area contributed by atoms with Gasteiger partial charge in [0.25, 0.3) is 0 Å². The van der Waals surface area contributed by atoms with Gasteiger partial charge in [-0.25, -0.2) is 9.18 Å². The second-order valence-corrected chi connectivity index (χ2v) is 7.07. The molecule has 2 aliphatic heterocycles. The molecule has 2 saturated heterocycles. The zero-order valence-corrected chi connectivity index (χ0v) is 14.1. The van der Waals surface area contributed by atoms with Crippen LogP contribution >= 0.6 is 0 Å². The number of carbonyl (C=O) groups excluding carboxylic acids is 1. The Hall–Kier alpha value is -2.15. The van der Waals surface area contributed by atoms with Gasteiger partial charge in [-0.05, 0) is 48.8 Å². The van der Waals surface area contributed by atoms with Crippen molar-refractivity contribution in [3.8, 4) is 0 Å². The molecular weight excluding hydrogens is 325 g/mol. The average Bonchev–Trinajstić information content (AvgIpc) is 3.01. The van der Waals surface area contributed by atoms with Crippen molar-refractivity contribution < 1.29 is 19.1 Å². The van der Waals surface area contributed by atoms with E-state index in [0.717, 1.165) is 18.4 Å². The number of rotatable bonds is 4. The molecule has 7 heteroatoms. The van der Waals surface area contributed by atoms with Gasteiger partial charge in [0.15, 0.2) is 0 Å². The topological polar surface area (TPSA) is 81.7 Å². The van der Waals surface area contributed by atoms with Crippen LogP contribution in [-0.4, -0.2) is 54.2 Å². The molecule has 25 heavy (non-hydrogen) atoms. The van der Waals surface area contributed by atoms with Gasteiger partial charge in [-0.1, -0.05) is 12.1 Å². The summed E-state index contributed by atoms with van der Waals surface area (Å²) >= 11 is 0. The number of carboxylic acids is 1. The molecule has 6 nitrogen and oxygen atoms in total. The third-order valence-electron chi connectivity index (χ3n) is 5.37. The van der Waals surface area contributed by atoms with Crippen LogP contribution in [0.15, 0.2) is 24.3 Å². The zero-order valence-electron chi connectivity index (χ0n) is 14.1. The number of nitrogens with zero attached hydrogens (tertiary/aromatic N) is 1. The number of hydrogen-bond donors (Lipinski definition) is 3. The van der Waals surface area contributed by atoms with Gasteiger partial charge in [0, 0.05) is 26.2 Å². The van der Waals surface area contributed by atoms with Crippen LogP contribution in [0.5, 0.6) is 0 Å². The number of amides is 2. The summed E-state index contributed by atoms with van der Waals surface area (Å²) in [5.74, 6) is -1.06. The number of halogens is 1. The predicted molar refractivity (Wildman–Crippen MR) is 90.8 cm³/mol. The van der Waals surface area contributed by atoms with E-state index in [1.54, 1.807) is 17.0 Å². The van der Waals surface area contributed by atoms with Crippen LogP contribution in [0, 0.1) is 11.2 Å². The minimum absolute atomic E-state index is 0.00789. The van der Waals surface area contributed by atoms with Crippen LogP contribution in [0.4, 0.5) is 9.18 Å². The molecule has 1 unspecified atom stereocenters. The summed E-state index contributed by atoms with van der Waals surface area (Å²) in [7, 11) is 0. The second-order valence-electron chi connectivity index (χ2n) is 7.07. The van der Waals surface area contributed by atoms with Crippen LogP contribution in [0.3, 0.4) is 0 Å². The normalized spacial score (nSPS) is 22.1. The standard InChI is InChI=1S/C18H24FN3O3/c19-14-3-1-13(2-4-14)5-8-20-17(25)22-9-6-18(7-10-22)11-15(16(23)24)21-12-18/h1-4,15,21H,5-12H2,(H,20,25)(H,23,24). The summed E-state index contributed by atoms with van der Waals surface area (Å²) in [6.07, 6.45) is 2.96. The Balaban J connectivity index is 1.41. The number of nitrogens with one attached hydrogen (secondary N) is 2. The highest BCUT2D eigenvalue weighted by atomic mass is 19.1. The first-order chi connectivity index (χ1) is 12.0. The first kappa shape index (κ1) is 17.7. The highest BCUT2D eigenvalue weighted by Gasteiger charge is 2.44. The summed E-state index contributed by atoms with van der Waals surface area (Å²) in [5.41, 5.74) is 0.990. The lowest BCUT2D eigenvalue weighted by Gasteiger charge is -2.38. The molecule has 0 bridgehead atoms. The van der Waals surface area contributed by atoms with Gasteiger partial charge < -0.3 is 20.6 Å².